The molecular formula is C28H19NO3. The first-order valence-electron chi connectivity index (χ1n) is 10.6. The summed E-state index contributed by atoms with van der Waals surface area (Å²) in [5, 5.41) is 2.95. The minimum atomic E-state index is -0.372. The minimum Gasteiger partial charge on any atom is -0.425 e. The Morgan fingerprint density at radius 2 is 1.47 bits per heavy atom. The lowest BCUT2D eigenvalue weighted by Gasteiger charge is -2.27. The van der Waals surface area contributed by atoms with Crippen molar-refractivity contribution in [2.45, 2.75) is 12.3 Å². The number of carbonyl (C=O) groups is 1. The van der Waals surface area contributed by atoms with Crippen LogP contribution in [0.1, 0.15) is 23.5 Å². The zero-order valence-electron chi connectivity index (χ0n) is 17.2. The van der Waals surface area contributed by atoms with Crippen molar-refractivity contribution >= 4 is 27.6 Å². The average Bonchev–Trinajstić information content (AvgIpc) is 2.84. The predicted octanol–water partition coefficient (Wildman–Crippen LogP) is 5.58. The summed E-state index contributed by atoms with van der Waals surface area (Å²) in [6, 6.07) is 31.4. The van der Waals surface area contributed by atoms with Crippen molar-refractivity contribution in [1.29, 1.82) is 0 Å². The van der Waals surface area contributed by atoms with Gasteiger partial charge in [-0.2, -0.15) is 0 Å². The summed E-state index contributed by atoms with van der Waals surface area (Å²) < 4.78 is 7.43. The molecule has 1 aromatic heterocycles. The first-order chi connectivity index (χ1) is 15.7. The van der Waals surface area contributed by atoms with Crippen molar-refractivity contribution in [3.05, 3.63) is 119 Å². The monoisotopic (exact) mass is 417 g/mol. The summed E-state index contributed by atoms with van der Waals surface area (Å²) >= 11 is 0. The van der Waals surface area contributed by atoms with Gasteiger partial charge in [-0.3, -0.25) is 14.2 Å². The van der Waals surface area contributed by atoms with Gasteiger partial charge in [0.25, 0.3) is 5.56 Å². The van der Waals surface area contributed by atoms with Gasteiger partial charge >= 0.3 is 5.97 Å². The number of rotatable bonds is 2. The fraction of sp³-hybridized carbons (Fsp3) is 0.0714. The summed E-state index contributed by atoms with van der Waals surface area (Å²) in [7, 11) is 0. The van der Waals surface area contributed by atoms with Gasteiger partial charge in [0.15, 0.2) is 0 Å². The highest BCUT2D eigenvalue weighted by Crippen LogP contribution is 2.41. The lowest BCUT2D eigenvalue weighted by Crippen LogP contribution is -2.32. The molecule has 0 saturated carbocycles. The Morgan fingerprint density at radius 1 is 0.750 bits per heavy atom. The second kappa shape index (κ2) is 7.20. The summed E-state index contributed by atoms with van der Waals surface area (Å²) in [5.41, 5.74) is 2.81. The number of fused-ring (bicyclic) bond motifs is 4. The molecule has 2 heterocycles. The molecule has 4 heteroatoms. The van der Waals surface area contributed by atoms with Gasteiger partial charge < -0.3 is 4.74 Å². The third-order valence-corrected chi connectivity index (χ3v) is 6.19. The molecule has 0 aliphatic carbocycles. The van der Waals surface area contributed by atoms with Gasteiger partial charge in [0.1, 0.15) is 5.75 Å². The van der Waals surface area contributed by atoms with E-state index in [4.69, 9.17) is 4.74 Å². The molecular weight excluding hydrogens is 398 g/mol. The number of ether oxygens (including phenoxy) is 1. The second-order valence-corrected chi connectivity index (χ2v) is 8.07. The van der Waals surface area contributed by atoms with E-state index >= 15 is 0 Å². The normalized spacial score (nSPS) is 15.5. The lowest BCUT2D eigenvalue weighted by atomic mass is 9.85. The Bertz CT molecular complexity index is 1570. The zero-order chi connectivity index (χ0) is 21.7. The van der Waals surface area contributed by atoms with Crippen LogP contribution in [0, 0.1) is 0 Å². The van der Waals surface area contributed by atoms with Crippen molar-refractivity contribution in [3.63, 3.8) is 0 Å². The number of pyridine rings is 1. The fourth-order valence-electron chi connectivity index (χ4n) is 4.72. The molecule has 1 atom stereocenters. The Labute approximate surface area is 184 Å². The maximum atomic E-state index is 14.0. The van der Waals surface area contributed by atoms with Gasteiger partial charge in [-0.15, -0.1) is 0 Å². The van der Waals surface area contributed by atoms with E-state index in [9.17, 15) is 9.59 Å². The first kappa shape index (κ1) is 18.6. The smallest absolute Gasteiger partial charge is 0.312 e. The second-order valence-electron chi connectivity index (χ2n) is 8.07. The van der Waals surface area contributed by atoms with Crippen molar-refractivity contribution in [2.75, 3.05) is 0 Å². The van der Waals surface area contributed by atoms with E-state index in [1.807, 2.05) is 84.9 Å². The molecule has 0 amide bonds. The van der Waals surface area contributed by atoms with Crippen LogP contribution < -0.4 is 10.3 Å². The molecule has 5 aromatic rings. The van der Waals surface area contributed by atoms with Crippen molar-refractivity contribution in [2.24, 2.45) is 0 Å². The number of nitrogens with zero attached hydrogens (tertiary/aromatic N) is 1. The maximum absolute atomic E-state index is 14.0. The van der Waals surface area contributed by atoms with Crippen molar-refractivity contribution in [3.8, 4) is 11.4 Å². The highest BCUT2D eigenvalue weighted by Gasteiger charge is 2.34. The highest BCUT2D eigenvalue weighted by molar-refractivity contribution is 5.93. The van der Waals surface area contributed by atoms with Crippen LogP contribution in [0.4, 0.5) is 0 Å². The Kier molecular flexibility index (Phi) is 4.18. The molecule has 32 heavy (non-hydrogen) atoms. The predicted molar refractivity (Wildman–Crippen MR) is 126 cm³/mol. The number of carbonyl (C=O) groups excluding carboxylic acids is 1. The lowest BCUT2D eigenvalue weighted by molar-refractivity contribution is -0.135. The number of hydrogen-bond acceptors (Lipinski definition) is 3. The number of para-hydroxylation sites is 2. The number of benzene rings is 4. The average molecular weight is 417 g/mol. The van der Waals surface area contributed by atoms with E-state index in [2.05, 4.69) is 12.1 Å². The van der Waals surface area contributed by atoms with E-state index < -0.39 is 0 Å². The van der Waals surface area contributed by atoms with Crippen molar-refractivity contribution < 1.29 is 9.53 Å². The van der Waals surface area contributed by atoms with E-state index in [1.54, 1.807) is 4.57 Å². The van der Waals surface area contributed by atoms with Gasteiger partial charge in [-0.1, -0.05) is 72.8 Å². The van der Waals surface area contributed by atoms with Gasteiger partial charge in [-0.05, 0) is 40.6 Å². The van der Waals surface area contributed by atoms with Crippen LogP contribution in [0.5, 0.6) is 5.75 Å². The molecule has 0 N–H and O–H groups in total. The molecule has 0 fully saturated rings. The molecule has 0 saturated heterocycles. The van der Waals surface area contributed by atoms with Gasteiger partial charge in [0, 0.05) is 17.0 Å². The van der Waals surface area contributed by atoms with Crippen LogP contribution in [0.25, 0.3) is 27.4 Å². The minimum absolute atomic E-state index is 0.133. The molecule has 1 aliphatic rings. The van der Waals surface area contributed by atoms with E-state index in [0.717, 1.165) is 32.9 Å². The molecule has 6 rings (SSSR count). The van der Waals surface area contributed by atoms with Gasteiger partial charge in [-0.25, -0.2) is 0 Å². The van der Waals surface area contributed by atoms with Crippen LogP contribution in [-0.4, -0.2) is 10.5 Å². The van der Waals surface area contributed by atoms with Gasteiger partial charge in [0.05, 0.1) is 17.5 Å². The molecule has 1 unspecified atom stereocenters. The van der Waals surface area contributed by atoms with Crippen LogP contribution in [0.3, 0.4) is 0 Å². The molecule has 4 nitrogen and oxygen atoms in total. The van der Waals surface area contributed by atoms with Crippen LogP contribution in [-0.2, 0) is 4.79 Å². The zero-order valence-corrected chi connectivity index (χ0v) is 17.2. The summed E-state index contributed by atoms with van der Waals surface area (Å²) in [5.74, 6) is -0.312. The molecule has 154 valence electrons. The molecule has 1 aliphatic heterocycles. The molecule has 0 radical (unpaired) electrons. The Morgan fingerprint density at radius 3 is 2.31 bits per heavy atom. The van der Waals surface area contributed by atoms with Gasteiger partial charge in [0.2, 0.25) is 0 Å². The van der Waals surface area contributed by atoms with Crippen LogP contribution >= 0.6 is 0 Å². The summed E-state index contributed by atoms with van der Waals surface area (Å²) in [6.07, 6.45) is 0.133. The SMILES string of the molecule is O=C1CC(c2ccc3ccccc3c2)c2c(c3ccccc3n(-c3ccccc3)c2=O)O1. The Hall–Kier alpha value is -4.18. The molecule has 0 spiro atoms. The number of hydrogen-bond donors (Lipinski definition) is 0. The first-order valence-corrected chi connectivity index (χ1v) is 10.6. The number of esters is 1. The summed E-state index contributed by atoms with van der Waals surface area (Å²) in [6.45, 7) is 0. The maximum Gasteiger partial charge on any atom is 0.312 e. The van der Waals surface area contributed by atoms with Crippen LogP contribution in [0.15, 0.2) is 102 Å². The largest absolute Gasteiger partial charge is 0.425 e. The quantitative estimate of drug-likeness (QED) is 0.352. The van der Waals surface area contributed by atoms with E-state index in [0.29, 0.717) is 11.3 Å². The van der Waals surface area contributed by atoms with Crippen LogP contribution in [0.2, 0.25) is 0 Å². The van der Waals surface area contributed by atoms with Crippen molar-refractivity contribution in [1.82, 2.24) is 4.57 Å². The van der Waals surface area contributed by atoms with E-state index in [-0.39, 0.29) is 23.9 Å². The standard InChI is InChI=1S/C28H19NO3/c30-25-17-23(20-15-14-18-8-4-5-9-19(18)16-20)26-27(32-25)22-12-6-7-13-24(22)29(28(26)31)21-10-2-1-3-11-21/h1-16,23H,17H2. The number of aromatic nitrogens is 1. The third-order valence-electron chi connectivity index (χ3n) is 6.19. The fourth-order valence-corrected chi connectivity index (χ4v) is 4.72. The molecule has 0 bridgehead atoms. The third kappa shape index (κ3) is 2.84. The topological polar surface area (TPSA) is 48.3 Å². The molecule has 4 aromatic carbocycles. The summed E-state index contributed by atoms with van der Waals surface area (Å²) in [4.78, 5) is 26.6. The Balaban J connectivity index is 1.68. The highest BCUT2D eigenvalue weighted by atomic mass is 16.5. The van der Waals surface area contributed by atoms with E-state index in [1.165, 1.54) is 0 Å².